The van der Waals surface area contributed by atoms with E-state index >= 15 is 0 Å². The van der Waals surface area contributed by atoms with Gasteiger partial charge in [0.15, 0.2) is 11.9 Å². The molecule has 0 aliphatic carbocycles. The van der Waals surface area contributed by atoms with Gasteiger partial charge in [-0.05, 0) is 12.5 Å². The summed E-state index contributed by atoms with van der Waals surface area (Å²) < 4.78 is 10.5. The van der Waals surface area contributed by atoms with Gasteiger partial charge in [0.25, 0.3) is 0 Å². The minimum Gasteiger partial charge on any atom is -0.411 e. The molecular formula is C13H15NO3. The summed E-state index contributed by atoms with van der Waals surface area (Å²) in [4.78, 5) is 15.5. The molecule has 1 aliphatic heterocycles. The third-order valence-corrected chi connectivity index (χ3v) is 2.61. The Morgan fingerprint density at radius 2 is 2.12 bits per heavy atom. The molecule has 0 saturated heterocycles. The summed E-state index contributed by atoms with van der Waals surface area (Å²) in [5, 5.41) is 0. The lowest BCUT2D eigenvalue weighted by atomic mass is 10.2. The van der Waals surface area contributed by atoms with Gasteiger partial charge < -0.3 is 9.47 Å². The van der Waals surface area contributed by atoms with Crippen molar-refractivity contribution in [2.45, 2.75) is 32.6 Å². The molecule has 0 radical (unpaired) electrons. The van der Waals surface area contributed by atoms with Gasteiger partial charge in [0.1, 0.15) is 0 Å². The third-order valence-electron chi connectivity index (χ3n) is 2.61. The van der Waals surface area contributed by atoms with Crippen molar-refractivity contribution >= 4 is 11.9 Å². The number of benzene rings is 1. The van der Waals surface area contributed by atoms with Gasteiger partial charge >= 0.3 is 5.97 Å². The molecule has 17 heavy (non-hydrogen) atoms. The largest absolute Gasteiger partial charge is 0.411 e. The summed E-state index contributed by atoms with van der Waals surface area (Å²) in [5.41, 5.74) is 1.08. The van der Waals surface area contributed by atoms with Crippen LogP contribution in [0.5, 0.6) is 0 Å². The Kier molecular flexibility index (Phi) is 3.54. The summed E-state index contributed by atoms with van der Waals surface area (Å²) in [5.74, 6) is 0.0817. The molecule has 0 fully saturated rings. The molecule has 1 heterocycles. The fourth-order valence-electron chi connectivity index (χ4n) is 1.67. The topological polar surface area (TPSA) is 47.9 Å². The first kappa shape index (κ1) is 11.8. The molecular weight excluding hydrogens is 218 g/mol. The molecule has 1 aliphatic rings. The number of esters is 1. The lowest BCUT2D eigenvalue weighted by Crippen LogP contribution is -2.29. The average Bonchev–Trinajstić information content (AvgIpc) is 2.67. The standard InChI is InChI=1S/C13H15NO3/c1-9(12-13(15)17-10(2)14-12)16-8-11-6-4-3-5-7-11/h3-7,9,12H,8H2,1-2H3/t9-,12+/m0/s1. The van der Waals surface area contributed by atoms with E-state index in [0.717, 1.165) is 5.56 Å². The number of ether oxygens (including phenoxy) is 2. The Morgan fingerprint density at radius 3 is 2.71 bits per heavy atom. The molecule has 4 nitrogen and oxygen atoms in total. The number of rotatable bonds is 4. The van der Waals surface area contributed by atoms with E-state index in [0.29, 0.717) is 12.5 Å². The maximum atomic E-state index is 11.4. The second-order valence-corrected chi connectivity index (χ2v) is 4.02. The highest BCUT2D eigenvalue weighted by Gasteiger charge is 2.32. The van der Waals surface area contributed by atoms with Crippen LogP contribution in [-0.4, -0.2) is 24.0 Å². The van der Waals surface area contributed by atoms with E-state index in [1.54, 1.807) is 6.92 Å². The molecule has 0 aromatic heterocycles. The van der Waals surface area contributed by atoms with Crippen LogP contribution in [-0.2, 0) is 20.9 Å². The number of carbonyl (C=O) groups excluding carboxylic acids is 1. The first-order valence-electron chi connectivity index (χ1n) is 5.58. The van der Waals surface area contributed by atoms with Crippen LogP contribution in [0.15, 0.2) is 35.3 Å². The number of carbonyl (C=O) groups is 1. The molecule has 0 bridgehead atoms. The smallest absolute Gasteiger partial charge is 0.340 e. The number of cyclic esters (lactones) is 1. The first-order chi connectivity index (χ1) is 8.16. The van der Waals surface area contributed by atoms with Gasteiger partial charge in [-0.1, -0.05) is 30.3 Å². The summed E-state index contributed by atoms with van der Waals surface area (Å²) in [6, 6.07) is 9.29. The lowest BCUT2D eigenvalue weighted by molar-refractivity contribution is -0.138. The second kappa shape index (κ2) is 5.10. The van der Waals surface area contributed by atoms with Crippen LogP contribution in [0.3, 0.4) is 0 Å². The van der Waals surface area contributed by atoms with Crippen LogP contribution in [0.1, 0.15) is 19.4 Å². The van der Waals surface area contributed by atoms with Crippen molar-refractivity contribution in [2.24, 2.45) is 4.99 Å². The van der Waals surface area contributed by atoms with Crippen molar-refractivity contribution in [3.05, 3.63) is 35.9 Å². The van der Waals surface area contributed by atoms with E-state index in [-0.39, 0.29) is 12.1 Å². The molecule has 0 spiro atoms. The minimum atomic E-state index is -0.529. The van der Waals surface area contributed by atoms with Crippen molar-refractivity contribution in [3.63, 3.8) is 0 Å². The highest BCUT2D eigenvalue weighted by atomic mass is 16.6. The quantitative estimate of drug-likeness (QED) is 0.747. The van der Waals surface area contributed by atoms with E-state index < -0.39 is 6.04 Å². The third kappa shape index (κ3) is 2.91. The Hall–Kier alpha value is -1.68. The Labute approximate surface area is 100 Å². The van der Waals surface area contributed by atoms with Crippen LogP contribution >= 0.6 is 0 Å². The molecule has 4 heteroatoms. The van der Waals surface area contributed by atoms with Gasteiger partial charge in [-0.25, -0.2) is 9.79 Å². The summed E-state index contributed by atoms with van der Waals surface area (Å²) in [7, 11) is 0. The SMILES string of the molecule is CC1=N[C@H]([C@H](C)OCc2ccccc2)C(=O)O1. The van der Waals surface area contributed by atoms with E-state index in [1.165, 1.54) is 0 Å². The van der Waals surface area contributed by atoms with E-state index in [2.05, 4.69) is 4.99 Å². The molecule has 0 amide bonds. The maximum Gasteiger partial charge on any atom is 0.340 e. The molecule has 0 saturated carbocycles. The zero-order chi connectivity index (χ0) is 12.3. The van der Waals surface area contributed by atoms with Crippen LogP contribution in [0.2, 0.25) is 0 Å². The lowest BCUT2D eigenvalue weighted by Gasteiger charge is -2.14. The molecule has 2 rings (SSSR count). The van der Waals surface area contributed by atoms with Crippen molar-refractivity contribution < 1.29 is 14.3 Å². The Bertz CT molecular complexity index is 428. The number of aliphatic imine (C=N–C) groups is 1. The molecule has 2 atom stereocenters. The average molecular weight is 233 g/mol. The fourth-order valence-corrected chi connectivity index (χ4v) is 1.67. The van der Waals surface area contributed by atoms with Gasteiger partial charge in [0, 0.05) is 6.92 Å². The predicted molar refractivity (Wildman–Crippen MR) is 63.7 cm³/mol. The number of nitrogens with zero attached hydrogens (tertiary/aromatic N) is 1. The highest BCUT2D eigenvalue weighted by Crippen LogP contribution is 2.14. The molecule has 0 N–H and O–H groups in total. The van der Waals surface area contributed by atoms with Crippen molar-refractivity contribution in [1.82, 2.24) is 0 Å². The van der Waals surface area contributed by atoms with Gasteiger partial charge in [-0.15, -0.1) is 0 Å². The maximum absolute atomic E-state index is 11.4. The van der Waals surface area contributed by atoms with Gasteiger partial charge in [0.05, 0.1) is 12.7 Å². The van der Waals surface area contributed by atoms with Gasteiger partial charge in [-0.2, -0.15) is 0 Å². The van der Waals surface area contributed by atoms with Gasteiger partial charge in [-0.3, -0.25) is 0 Å². The van der Waals surface area contributed by atoms with Crippen LogP contribution in [0.25, 0.3) is 0 Å². The van der Waals surface area contributed by atoms with E-state index in [9.17, 15) is 4.79 Å². The van der Waals surface area contributed by atoms with Crippen molar-refractivity contribution in [3.8, 4) is 0 Å². The zero-order valence-electron chi connectivity index (χ0n) is 9.92. The van der Waals surface area contributed by atoms with Crippen molar-refractivity contribution in [2.75, 3.05) is 0 Å². The Morgan fingerprint density at radius 1 is 1.41 bits per heavy atom. The van der Waals surface area contributed by atoms with Crippen LogP contribution in [0, 0.1) is 0 Å². The van der Waals surface area contributed by atoms with Crippen molar-refractivity contribution in [1.29, 1.82) is 0 Å². The summed E-state index contributed by atoms with van der Waals surface area (Å²) in [6.07, 6.45) is -0.278. The second-order valence-electron chi connectivity index (χ2n) is 4.02. The molecule has 90 valence electrons. The van der Waals surface area contributed by atoms with Crippen LogP contribution < -0.4 is 0 Å². The highest BCUT2D eigenvalue weighted by molar-refractivity contribution is 5.96. The summed E-state index contributed by atoms with van der Waals surface area (Å²) in [6.45, 7) is 3.97. The van der Waals surface area contributed by atoms with Gasteiger partial charge in [0.2, 0.25) is 0 Å². The van der Waals surface area contributed by atoms with E-state index in [4.69, 9.17) is 9.47 Å². The predicted octanol–water partition coefficient (Wildman–Crippen LogP) is 1.94. The molecule has 0 unspecified atom stereocenters. The minimum absolute atomic E-state index is 0.278. The molecule has 1 aromatic carbocycles. The normalized spacial score (nSPS) is 20.9. The van der Waals surface area contributed by atoms with Crippen LogP contribution in [0.4, 0.5) is 0 Å². The monoisotopic (exact) mass is 233 g/mol. The number of hydrogen-bond donors (Lipinski definition) is 0. The van der Waals surface area contributed by atoms with E-state index in [1.807, 2.05) is 37.3 Å². The molecule has 1 aromatic rings. The zero-order valence-corrected chi connectivity index (χ0v) is 9.92. The fraction of sp³-hybridized carbons (Fsp3) is 0.385. The Balaban J connectivity index is 1.90. The number of hydrogen-bond acceptors (Lipinski definition) is 4. The first-order valence-corrected chi connectivity index (χ1v) is 5.58. The summed E-state index contributed by atoms with van der Waals surface area (Å²) >= 11 is 0.